The van der Waals surface area contributed by atoms with Gasteiger partial charge in [0, 0.05) is 31.0 Å². The monoisotopic (exact) mass is 300 g/mol. The number of hydrogen-bond acceptors (Lipinski definition) is 5. The van der Waals surface area contributed by atoms with Gasteiger partial charge in [0.2, 0.25) is 5.95 Å². The van der Waals surface area contributed by atoms with Gasteiger partial charge in [-0.3, -0.25) is 4.79 Å². The van der Waals surface area contributed by atoms with E-state index in [1.807, 2.05) is 13.8 Å². The van der Waals surface area contributed by atoms with Crippen LogP contribution in [-0.4, -0.2) is 40.0 Å². The number of hydrogen-bond donors (Lipinski definition) is 1. The third-order valence-electron chi connectivity index (χ3n) is 4.43. The quantitative estimate of drug-likeness (QED) is 0.833. The number of rotatable bonds is 2. The van der Waals surface area contributed by atoms with Gasteiger partial charge in [-0.1, -0.05) is 0 Å². The van der Waals surface area contributed by atoms with Crippen LogP contribution < -0.4 is 5.32 Å². The van der Waals surface area contributed by atoms with Crippen LogP contribution in [0.1, 0.15) is 37.9 Å². The first-order chi connectivity index (χ1) is 10.5. The summed E-state index contributed by atoms with van der Waals surface area (Å²) in [7, 11) is 0. The first-order valence-corrected chi connectivity index (χ1v) is 7.51. The van der Waals surface area contributed by atoms with Gasteiger partial charge in [0.1, 0.15) is 0 Å². The predicted octanol–water partition coefficient (Wildman–Crippen LogP) is 1.28. The fourth-order valence-corrected chi connectivity index (χ4v) is 3.04. The number of terminal acetylenes is 1. The highest BCUT2D eigenvalue weighted by molar-refractivity contribution is 5.93. The Morgan fingerprint density at radius 1 is 1.50 bits per heavy atom. The van der Waals surface area contributed by atoms with Crippen LogP contribution in [0, 0.1) is 12.3 Å². The normalized spacial score (nSPS) is 20.3. The maximum Gasteiger partial charge on any atom is 0.299 e. The van der Waals surface area contributed by atoms with Gasteiger partial charge in [-0.2, -0.15) is 0 Å². The van der Waals surface area contributed by atoms with Crippen molar-refractivity contribution >= 4 is 11.9 Å². The number of anilines is 1. The average molecular weight is 300 g/mol. The fraction of sp³-hybridized carbons (Fsp3) is 0.562. The maximum atomic E-state index is 11.9. The van der Waals surface area contributed by atoms with E-state index in [9.17, 15) is 4.79 Å². The van der Waals surface area contributed by atoms with Gasteiger partial charge in [0.05, 0.1) is 17.8 Å². The van der Waals surface area contributed by atoms with E-state index >= 15 is 0 Å². The van der Waals surface area contributed by atoms with Crippen molar-refractivity contribution in [3.05, 3.63) is 17.5 Å². The molecular formula is C16H20N4O2. The van der Waals surface area contributed by atoms with Gasteiger partial charge < -0.3 is 15.0 Å². The molecule has 0 spiro atoms. The zero-order chi connectivity index (χ0) is 15.7. The van der Waals surface area contributed by atoms with Crippen molar-refractivity contribution in [3.63, 3.8) is 0 Å². The number of amides is 1. The second kappa shape index (κ2) is 5.58. The summed E-state index contributed by atoms with van der Waals surface area (Å²) in [6.07, 6.45) is 8.96. The molecule has 6 heteroatoms. The van der Waals surface area contributed by atoms with Crippen molar-refractivity contribution < 1.29 is 9.53 Å². The number of aromatic nitrogens is 2. The van der Waals surface area contributed by atoms with Crippen molar-refractivity contribution in [2.24, 2.45) is 0 Å². The van der Waals surface area contributed by atoms with E-state index in [1.54, 1.807) is 11.1 Å². The SMILES string of the molecule is C#CC(=O)N1Cc2nc(NC3CCOCC3)ncc2C1(C)C. The van der Waals surface area contributed by atoms with Gasteiger partial charge in [0.15, 0.2) is 0 Å². The predicted molar refractivity (Wildman–Crippen MR) is 81.9 cm³/mol. The molecule has 0 radical (unpaired) electrons. The second-order valence-corrected chi connectivity index (χ2v) is 6.18. The lowest BCUT2D eigenvalue weighted by molar-refractivity contribution is -0.130. The van der Waals surface area contributed by atoms with Crippen LogP contribution >= 0.6 is 0 Å². The van der Waals surface area contributed by atoms with Crippen molar-refractivity contribution in [1.82, 2.24) is 14.9 Å². The fourth-order valence-electron chi connectivity index (χ4n) is 3.04. The third kappa shape index (κ3) is 2.53. The molecule has 1 N–H and O–H groups in total. The summed E-state index contributed by atoms with van der Waals surface area (Å²) >= 11 is 0. The molecule has 2 aliphatic heterocycles. The maximum absolute atomic E-state index is 11.9. The number of fused-ring (bicyclic) bond motifs is 1. The molecule has 1 aromatic heterocycles. The molecule has 3 rings (SSSR count). The van der Waals surface area contributed by atoms with E-state index in [0.717, 1.165) is 37.3 Å². The van der Waals surface area contributed by atoms with Gasteiger partial charge in [-0.25, -0.2) is 9.97 Å². The van der Waals surface area contributed by atoms with Crippen molar-refractivity contribution in [2.75, 3.05) is 18.5 Å². The summed E-state index contributed by atoms with van der Waals surface area (Å²) in [5.74, 6) is 2.48. The van der Waals surface area contributed by atoms with Crippen molar-refractivity contribution in [1.29, 1.82) is 0 Å². The lowest BCUT2D eigenvalue weighted by Gasteiger charge is -2.30. The van der Waals surface area contributed by atoms with Gasteiger partial charge >= 0.3 is 0 Å². The van der Waals surface area contributed by atoms with E-state index in [2.05, 4.69) is 21.2 Å². The Morgan fingerprint density at radius 3 is 2.91 bits per heavy atom. The summed E-state index contributed by atoms with van der Waals surface area (Å²) in [6, 6.07) is 0.338. The number of carbonyl (C=O) groups excluding carboxylic acids is 1. The molecule has 1 amide bonds. The first kappa shape index (κ1) is 14.8. The highest BCUT2D eigenvalue weighted by Gasteiger charge is 2.41. The molecule has 0 saturated carbocycles. The molecule has 1 aromatic rings. The molecule has 0 aromatic carbocycles. The minimum absolute atomic E-state index is 0.318. The number of nitrogens with one attached hydrogen (secondary N) is 1. The third-order valence-corrected chi connectivity index (χ3v) is 4.43. The van der Waals surface area contributed by atoms with Crippen molar-refractivity contribution in [2.45, 2.75) is 44.8 Å². The smallest absolute Gasteiger partial charge is 0.299 e. The molecule has 0 aliphatic carbocycles. The molecule has 3 heterocycles. The molecule has 116 valence electrons. The van der Waals surface area contributed by atoms with Crippen molar-refractivity contribution in [3.8, 4) is 12.3 Å². The van der Waals surface area contributed by atoms with Gasteiger partial charge in [0.25, 0.3) is 5.91 Å². The molecule has 0 atom stereocenters. The van der Waals surface area contributed by atoms with E-state index in [1.165, 1.54) is 0 Å². The minimum atomic E-state index is -0.476. The number of nitrogens with zero attached hydrogens (tertiary/aromatic N) is 3. The second-order valence-electron chi connectivity index (χ2n) is 6.18. The Kier molecular flexibility index (Phi) is 3.75. The summed E-state index contributed by atoms with van der Waals surface area (Å²) in [4.78, 5) is 22.6. The van der Waals surface area contributed by atoms with Crippen LogP contribution in [0.4, 0.5) is 5.95 Å². The molecule has 2 aliphatic rings. The van der Waals surface area contributed by atoms with Crippen LogP contribution in [0.2, 0.25) is 0 Å². The Morgan fingerprint density at radius 2 is 2.23 bits per heavy atom. The lowest BCUT2D eigenvalue weighted by atomic mass is 9.97. The first-order valence-electron chi connectivity index (χ1n) is 7.51. The highest BCUT2D eigenvalue weighted by atomic mass is 16.5. The number of carbonyl (C=O) groups is 1. The summed E-state index contributed by atoms with van der Waals surface area (Å²) < 4.78 is 5.35. The summed E-state index contributed by atoms with van der Waals surface area (Å²) in [5, 5.41) is 3.35. The molecule has 22 heavy (non-hydrogen) atoms. The Labute approximate surface area is 130 Å². The molecule has 0 unspecified atom stereocenters. The van der Waals surface area contributed by atoms with E-state index < -0.39 is 5.54 Å². The zero-order valence-corrected chi connectivity index (χ0v) is 12.9. The molecular weight excluding hydrogens is 280 g/mol. The van der Waals surface area contributed by atoms with E-state index in [-0.39, 0.29) is 5.91 Å². The number of ether oxygens (including phenoxy) is 1. The van der Waals surface area contributed by atoms with Crippen LogP contribution in [0.3, 0.4) is 0 Å². The van der Waals surface area contributed by atoms with Crippen LogP contribution in [0.25, 0.3) is 0 Å². The van der Waals surface area contributed by atoms with Crippen LogP contribution in [0.15, 0.2) is 6.20 Å². The van der Waals surface area contributed by atoms with Gasteiger partial charge in [-0.05, 0) is 32.6 Å². The minimum Gasteiger partial charge on any atom is -0.381 e. The van der Waals surface area contributed by atoms with Crippen LogP contribution in [0.5, 0.6) is 0 Å². The Bertz CT molecular complexity index is 630. The summed E-state index contributed by atoms with van der Waals surface area (Å²) in [6.45, 7) is 5.88. The molecule has 1 saturated heterocycles. The van der Waals surface area contributed by atoms with E-state index in [4.69, 9.17) is 11.2 Å². The molecule has 6 nitrogen and oxygen atoms in total. The highest BCUT2D eigenvalue weighted by Crippen LogP contribution is 2.37. The largest absolute Gasteiger partial charge is 0.381 e. The van der Waals surface area contributed by atoms with Crippen LogP contribution in [-0.2, 0) is 21.6 Å². The molecule has 0 bridgehead atoms. The topological polar surface area (TPSA) is 67.4 Å². The standard InChI is InChI=1S/C16H20N4O2/c1-4-14(21)20-10-13-12(16(20,2)3)9-17-15(19-13)18-11-5-7-22-8-6-11/h1,9,11H,5-8,10H2,2-3H3,(H,17,18,19). The summed E-state index contributed by atoms with van der Waals surface area (Å²) in [5.41, 5.74) is 1.34. The lowest BCUT2D eigenvalue weighted by Crippen LogP contribution is -2.39. The Balaban J connectivity index is 1.81. The Hall–Kier alpha value is -2.13. The average Bonchev–Trinajstić information content (AvgIpc) is 2.78. The van der Waals surface area contributed by atoms with E-state index in [0.29, 0.717) is 18.5 Å². The molecule has 1 fully saturated rings. The van der Waals surface area contributed by atoms with Gasteiger partial charge in [-0.15, -0.1) is 6.42 Å². The zero-order valence-electron chi connectivity index (χ0n) is 12.9.